The molecular formula is C24H26N2O6S. The number of fused-ring (bicyclic) bond motifs is 2. The average Bonchev–Trinajstić information content (AvgIpc) is 2.81. The molecule has 0 spiro atoms. The van der Waals surface area contributed by atoms with E-state index in [2.05, 4.69) is 5.32 Å². The fourth-order valence-corrected chi connectivity index (χ4v) is 4.95. The monoisotopic (exact) mass is 470 g/mol. The van der Waals surface area contributed by atoms with Crippen LogP contribution in [0.4, 0.5) is 5.69 Å². The van der Waals surface area contributed by atoms with Crippen molar-refractivity contribution in [3.63, 3.8) is 0 Å². The third kappa shape index (κ3) is 5.14. The van der Waals surface area contributed by atoms with Crippen molar-refractivity contribution in [3.05, 3.63) is 60.7 Å². The number of hydrogen-bond donors (Lipinski definition) is 1. The minimum Gasteiger partial charge on any atom is -0.491 e. The van der Waals surface area contributed by atoms with Gasteiger partial charge >= 0.3 is 0 Å². The Labute approximate surface area is 193 Å². The summed E-state index contributed by atoms with van der Waals surface area (Å²) in [5.41, 5.74) is 0.330. The largest absolute Gasteiger partial charge is 0.491 e. The van der Waals surface area contributed by atoms with Crippen molar-refractivity contribution in [2.75, 3.05) is 36.9 Å². The first-order chi connectivity index (χ1) is 15.8. The van der Waals surface area contributed by atoms with E-state index in [0.717, 1.165) is 27.1 Å². The number of amides is 1. The van der Waals surface area contributed by atoms with Gasteiger partial charge in [0.05, 0.1) is 18.5 Å². The van der Waals surface area contributed by atoms with Gasteiger partial charge in [0.1, 0.15) is 31.6 Å². The van der Waals surface area contributed by atoms with Gasteiger partial charge < -0.3 is 19.5 Å². The van der Waals surface area contributed by atoms with Crippen LogP contribution in [0.25, 0.3) is 10.8 Å². The summed E-state index contributed by atoms with van der Waals surface area (Å²) in [5, 5.41) is 4.81. The third-order valence-corrected chi connectivity index (χ3v) is 6.52. The average molecular weight is 471 g/mol. The number of anilines is 1. The van der Waals surface area contributed by atoms with Crippen LogP contribution in [-0.2, 0) is 14.8 Å². The first-order valence-corrected chi connectivity index (χ1v) is 12.5. The first kappa shape index (κ1) is 22.7. The Balaban J connectivity index is 1.41. The Hall–Kier alpha value is -3.46. The molecule has 33 heavy (non-hydrogen) atoms. The minimum absolute atomic E-state index is 0.227. The molecule has 0 unspecified atom stereocenters. The van der Waals surface area contributed by atoms with E-state index in [1.807, 2.05) is 42.5 Å². The number of ether oxygens (including phenoxy) is 3. The summed E-state index contributed by atoms with van der Waals surface area (Å²) in [4.78, 5) is 12.8. The van der Waals surface area contributed by atoms with Gasteiger partial charge in [-0.05, 0) is 30.5 Å². The Bertz CT molecular complexity index is 1260. The number of nitrogens with one attached hydrogen (secondary N) is 1. The molecule has 4 rings (SSSR count). The van der Waals surface area contributed by atoms with Gasteiger partial charge in [0.15, 0.2) is 11.5 Å². The molecule has 3 aromatic rings. The fraction of sp³-hybridized carbons (Fsp3) is 0.292. The van der Waals surface area contributed by atoms with E-state index in [0.29, 0.717) is 30.4 Å². The maximum Gasteiger partial charge on any atom is 0.243 e. The van der Waals surface area contributed by atoms with Crippen molar-refractivity contribution in [1.29, 1.82) is 0 Å². The predicted octanol–water partition coefficient (Wildman–Crippen LogP) is 2.96. The molecule has 0 fully saturated rings. The maximum absolute atomic E-state index is 12.8. The molecule has 0 saturated carbocycles. The summed E-state index contributed by atoms with van der Waals surface area (Å²) < 4.78 is 43.0. The second-order valence-electron chi connectivity index (χ2n) is 7.68. The molecule has 174 valence electrons. The van der Waals surface area contributed by atoms with Crippen molar-refractivity contribution < 1.29 is 27.4 Å². The van der Waals surface area contributed by atoms with E-state index in [-0.39, 0.29) is 13.2 Å². The summed E-state index contributed by atoms with van der Waals surface area (Å²) >= 11 is 0. The molecule has 0 aliphatic carbocycles. The van der Waals surface area contributed by atoms with Gasteiger partial charge in [-0.25, -0.2) is 8.42 Å². The van der Waals surface area contributed by atoms with Gasteiger partial charge in [0, 0.05) is 11.5 Å². The predicted molar refractivity (Wildman–Crippen MR) is 127 cm³/mol. The Morgan fingerprint density at radius 2 is 1.79 bits per heavy atom. The molecule has 3 aromatic carbocycles. The van der Waals surface area contributed by atoms with Crippen LogP contribution >= 0.6 is 0 Å². The van der Waals surface area contributed by atoms with Crippen molar-refractivity contribution >= 4 is 32.4 Å². The van der Waals surface area contributed by atoms with Crippen LogP contribution in [0.3, 0.4) is 0 Å². The summed E-state index contributed by atoms with van der Waals surface area (Å²) in [7, 11) is -3.74. The zero-order chi connectivity index (χ0) is 23.4. The lowest BCUT2D eigenvalue weighted by Crippen LogP contribution is -2.48. The third-order valence-electron chi connectivity index (χ3n) is 5.28. The van der Waals surface area contributed by atoms with E-state index < -0.39 is 22.0 Å². The van der Waals surface area contributed by atoms with E-state index >= 15 is 0 Å². The zero-order valence-corrected chi connectivity index (χ0v) is 19.3. The van der Waals surface area contributed by atoms with E-state index in [1.165, 1.54) is 0 Å². The first-order valence-electron chi connectivity index (χ1n) is 10.6. The quantitative estimate of drug-likeness (QED) is 0.509. The minimum atomic E-state index is -3.74. The molecule has 1 aliphatic rings. The normalized spacial score (nSPS) is 13.9. The van der Waals surface area contributed by atoms with Gasteiger partial charge in [0.25, 0.3) is 0 Å². The highest BCUT2D eigenvalue weighted by Crippen LogP contribution is 2.35. The maximum atomic E-state index is 12.8. The molecule has 1 atom stereocenters. The number of benzene rings is 3. The molecule has 1 amide bonds. The van der Waals surface area contributed by atoms with Gasteiger partial charge in [-0.2, -0.15) is 0 Å². The molecule has 0 saturated heterocycles. The van der Waals surface area contributed by atoms with Gasteiger partial charge in [0.2, 0.25) is 15.9 Å². The van der Waals surface area contributed by atoms with Crippen LogP contribution in [-0.4, -0.2) is 53.0 Å². The second kappa shape index (κ2) is 9.58. The Kier molecular flexibility index (Phi) is 6.60. The van der Waals surface area contributed by atoms with Crippen LogP contribution in [0.15, 0.2) is 60.7 Å². The number of sulfonamides is 1. The van der Waals surface area contributed by atoms with Crippen LogP contribution in [0.1, 0.15) is 6.92 Å². The second-order valence-corrected chi connectivity index (χ2v) is 9.54. The number of carbonyl (C=O) groups excluding carboxylic acids is 1. The van der Waals surface area contributed by atoms with Gasteiger partial charge in [-0.1, -0.05) is 36.4 Å². The highest BCUT2D eigenvalue weighted by molar-refractivity contribution is 7.92. The van der Waals surface area contributed by atoms with E-state index in [4.69, 9.17) is 14.2 Å². The smallest absolute Gasteiger partial charge is 0.243 e. The molecule has 8 nitrogen and oxygen atoms in total. The molecule has 1 heterocycles. The summed E-state index contributed by atoms with van der Waals surface area (Å²) in [6.07, 6.45) is 1.07. The van der Waals surface area contributed by atoms with Crippen molar-refractivity contribution in [1.82, 2.24) is 5.32 Å². The lowest BCUT2D eigenvalue weighted by Gasteiger charge is -2.29. The van der Waals surface area contributed by atoms with Gasteiger partial charge in [-0.3, -0.25) is 9.10 Å². The van der Waals surface area contributed by atoms with E-state index in [1.54, 1.807) is 25.1 Å². The Morgan fingerprint density at radius 1 is 1.06 bits per heavy atom. The number of rotatable bonds is 8. The van der Waals surface area contributed by atoms with Crippen LogP contribution in [0, 0.1) is 0 Å². The van der Waals surface area contributed by atoms with Gasteiger partial charge in [-0.15, -0.1) is 0 Å². The van der Waals surface area contributed by atoms with Crippen LogP contribution in [0.5, 0.6) is 17.2 Å². The van der Waals surface area contributed by atoms with Crippen molar-refractivity contribution in [2.45, 2.75) is 13.0 Å². The highest BCUT2D eigenvalue weighted by Gasteiger charge is 2.30. The topological polar surface area (TPSA) is 94.2 Å². The summed E-state index contributed by atoms with van der Waals surface area (Å²) in [6, 6.07) is 17.5. The lowest BCUT2D eigenvalue weighted by molar-refractivity contribution is -0.121. The van der Waals surface area contributed by atoms with Crippen molar-refractivity contribution in [3.8, 4) is 17.2 Å². The molecule has 9 heteroatoms. The Morgan fingerprint density at radius 3 is 2.58 bits per heavy atom. The molecule has 0 bridgehead atoms. The number of hydrogen-bond acceptors (Lipinski definition) is 6. The molecular weight excluding hydrogens is 444 g/mol. The molecule has 0 radical (unpaired) electrons. The zero-order valence-electron chi connectivity index (χ0n) is 18.5. The van der Waals surface area contributed by atoms with Crippen LogP contribution < -0.4 is 23.8 Å². The molecule has 1 N–H and O–H groups in total. The van der Waals surface area contributed by atoms with Crippen LogP contribution in [0.2, 0.25) is 0 Å². The van der Waals surface area contributed by atoms with Crippen molar-refractivity contribution in [2.24, 2.45) is 0 Å². The fourth-order valence-electron chi connectivity index (χ4n) is 3.78. The molecule has 0 aromatic heterocycles. The SMILES string of the molecule is C[C@@H](C(=O)NCCOc1cccc2ccccc12)N(c1ccc2c(c1)OCCO2)S(C)(=O)=O. The standard InChI is InChI=1S/C24H26N2O6S/c1-17(26(33(2,28)29)19-10-11-22-23(16-19)32-15-14-31-22)24(27)25-12-13-30-21-9-5-7-18-6-3-4-8-20(18)21/h3-11,16-17H,12-15H2,1-2H3,(H,25,27)/t17-/m0/s1. The number of nitrogens with zero attached hydrogens (tertiary/aromatic N) is 1. The van der Waals surface area contributed by atoms with E-state index in [9.17, 15) is 13.2 Å². The summed E-state index contributed by atoms with van der Waals surface area (Å²) in [6.45, 7) is 2.82. The summed E-state index contributed by atoms with van der Waals surface area (Å²) in [5.74, 6) is 1.28. The molecule has 1 aliphatic heterocycles. The number of carbonyl (C=O) groups is 1. The highest BCUT2D eigenvalue weighted by atomic mass is 32.2. The lowest BCUT2D eigenvalue weighted by atomic mass is 10.1.